The van der Waals surface area contributed by atoms with Crippen LogP contribution in [0, 0.1) is 11.3 Å². The Morgan fingerprint density at radius 2 is 1.43 bits per heavy atom. The maximum Gasteiger partial charge on any atom is 0.238 e. The van der Waals surface area contributed by atoms with Gasteiger partial charge in [0.15, 0.2) is 0 Å². The number of amides is 1. The molecule has 51 heavy (non-hydrogen) atoms. The van der Waals surface area contributed by atoms with Gasteiger partial charge in [0.2, 0.25) is 17.8 Å². The molecular weight excluding hydrogens is 679 g/mol. The van der Waals surface area contributed by atoms with Gasteiger partial charge < -0.3 is 21.1 Å². The zero-order chi connectivity index (χ0) is 35.3. The Labute approximate surface area is 303 Å². The van der Waals surface area contributed by atoms with Gasteiger partial charge in [-0.1, -0.05) is 72.1 Å². The lowest BCUT2D eigenvalue weighted by Crippen LogP contribution is -2.19. The molecule has 0 aliphatic carbocycles. The summed E-state index contributed by atoms with van der Waals surface area (Å²) < 4.78 is 0. The minimum Gasteiger partial charge on any atom is -0.370 e. The summed E-state index contributed by atoms with van der Waals surface area (Å²) in [5.74, 6) is 0.373. The third-order valence-electron chi connectivity index (χ3n) is 6.89. The smallest absolute Gasteiger partial charge is 0.238 e. The fourth-order valence-electron chi connectivity index (χ4n) is 4.66. The topological polar surface area (TPSA) is 152 Å². The summed E-state index contributed by atoms with van der Waals surface area (Å²) >= 11 is 3.04. The molecule has 4 aromatic carbocycles. The minimum absolute atomic E-state index is 0.267. The zero-order valence-electron chi connectivity index (χ0n) is 27.0. The van der Waals surface area contributed by atoms with Crippen LogP contribution in [-0.4, -0.2) is 37.2 Å². The monoisotopic (exact) mass is 709 g/mol. The Morgan fingerprint density at radius 3 is 2.16 bits per heavy atom. The third kappa shape index (κ3) is 10.4. The van der Waals surface area contributed by atoms with Gasteiger partial charge in [-0.2, -0.15) is 5.26 Å². The molecule has 0 fully saturated rings. The van der Waals surface area contributed by atoms with Gasteiger partial charge in [-0.3, -0.25) is 9.69 Å². The standard InChI is InChI=1S/C38H31N9O2S2/c39-21-17-33(48)43-29-11-8-12-30(26-29)47(38-41-23-19-36(46-38)51-32-15-5-2-6-16-32)24-20-34(49)42-27-9-7-10-28(25-27)44-37-40-22-18-35(45-37)50-31-13-3-1-4-14-31/h1-16,18-20,22-26,34,42,49H,17H2,(H,43,48)(H,40,44,45)/b24-20+. The van der Waals surface area contributed by atoms with Gasteiger partial charge in [-0.05, 0) is 78.9 Å². The Kier molecular flexibility index (Phi) is 11.9. The number of nitrogens with zero attached hydrogens (tertiary/aromatic N) is 6. The second-order valence-electron chi connectivity index (χ2n) is 10.7. The molecule has 4 N–H and O–H groups in total. The first-order valence-electron chi connectivity index (χ1n) is 15.7. The van der Waals surface area contributed by atoms with Crippen LogP contribution in [0.25, 0.3) is 0 Å². The van der Waals surface area contributed by atoms with Gasteiger partial charge >= 0.3 is 0 Å². The molecular formula is C38H31N9O2S2. The Morgan fingerprint density at radius 1 is 0.784 bits per heavy atom. The lowest BCUT2D eigenvalue weighted by molar-refractivity contribution is -0.115. The molecule has 0 aliphatic heterocycles. The van der Waals surface area contributed by atoms with E-state index in [1.54, 1.807) is 59.5 Å². The SMILES string of the molecule is N#CCC(=O)Nc1cccc(N(/C=C/C(O)Nc2cccc(Nc3nccc(Sc4ccccc4)n3)c2)c2nccc(Sc3ccccc3)n2)c1. The molecule has 1 unspecified atom stereocenters. The Hall–Kier alpha value is -6.20. The summed E-state index contributed by atoms with van der Waals surface area (Å²) in [7, 11) is 0. The number of hydrogen-bond donors (Lipinski definition) is 4. The van der Waals surface area contributed by atoms with Crippen LogP contribution in [0.3, 0.4) is 0 Å². The average Bonchev–Trinajstić information content (AvgIpc) is 3.13. The molecule has 2 heterocycles. The maximum absolute atomic E-state index is 12.1. The van der Waals surface area contributed by atoms with Gasteiger partial charge in [0, 0.05) is 45.4 Å². The van der Waals surface area contributed by atoms with Gasteiger partial charge in [0.05, 0.1) is 11.8 Å². The fraction of sp³-hybridized carbons (Fsp3) is 0.0526. The van der Waals surface area contributed by atoms with Crippen LogP contribution in [0.2, 0.25) is 0 Å². The van der Waals surface area contributed by atoms with E-state index in [0.29, 0.717) is 29.0 Å². The average molecular weight is 710 g/mol. The molecule has 11 nitrogen and oxygen atoms in total. The predicted octanol–water partition coefficient (Wildman–Crippen LogP) is 8.25. The summed E-state index contributed by atoms with van der Waals surface area (Å²) in [4.78, 5) is 34.2. The van der Waals surface area contributed by atoms with Crippen LogP contribution >= 0.6 is 23.5 Å². The highest BCUT2D eigenvalue weighted by atomic mass is 32.2. The lowest BCUT2D eigenvalue weighted by Gasteiger charge is -2.21. The molecule has 6 rings (SSSR count). The van der Waals surface area contributed by atoms with Crippen molar-refractivity contribution in [3.05, 3.63) is 146 Å². The maximum atomic E-state index is 12.1. The Bertz CT molecular complexity index is 2150. The van der Waals surface area contributed by atoms with Crippen molar-refractivity contribution in [3.63, 3.8) is 0 Å². The molecule has 13 heteroatoms. The van der Waals surface area contributed by atoms with Crippen LogP contribution in [0.1, 0.15) is 6.42 Å². The number of aliphatic hydroxyl groups is 1. The summed E-state index contributed by atoms with van der Waals surface area (Å²) in [5, 5.41) is 30.6. The van der Waals surface area contributed by atoms with Crippen LogP contribution < -0.4 is 20.9 Å². The number of nitrogens with one attached hydrogen (secondary N) is 3. The van der Waals surface area contributed by atoms with Crippen molar-refractivity contribution in [2.75, 3.05) is 20.9 Å². The second kappa shape index (κ2) is 17.5. The molecule has 0 saturated heterocycles. The number of carbonyl (C=O) groups is 1. The van der Waals surface area contributed by atoms with E-state index in [0.717, 1.165) is 25.5 Å². The van der Waals surface area contributed by atoms with E-state index in [2.05, 4.69) is 30.9 Å². The molecule has 0 radical (unpaired) electrons. The molecule has 2 aromatic heterocycles. The highest BCUT2D eigenvalue weighted by Gasteiger charge is 2.14. The number of aliphatic hydroxyl groups excluding tert-OH is 1. The van der Waals surface area contributed by atoms with E-state index < -0.39 is 12.1 Å². The molecule has 1 atom stereocenters. The van der Waals surface area contributed by atoms with E-state index in [1.165, 1.54) is 11.8 Å². The fourth-order valence-corrected chi connectivity index (χ4v) is 6.25. The zero-order valence-corrected chi connectivity index (χ0v) is 28.6. The third-order valence-corrected chi connectivity index (χ3v) is 8.78. The van der Waals surface area contributed by atoms with E-state index in [-0.39, 0.29) is 6.42 Å². The first kappa shape index (κ1) is 34.7. The van der Waals surface area contributed by atoms with Gasteiger partial charge in [0.1, 0.15) is 22.7 Å². The van der Waals surface area contributed by atoms with Crippen molar-refractivity contribution in [2.45, 2.75) is 32.5 Å². The molecule has 0 spiro atoms. The van der Waals surface area contributed by atoms with Gasteiger partial charge in [-0.15, -0.1) is 0 Å². The second-order valence-corrected chi connectivity index (χ2v) is 12.9. The number of hydrogen-bond acceptors (Lipinski definition) is 12. The number of carbonyl (C=O) groups excluding carboxylic acids is 1. The van der Waals surface area contributed by atoms with E-state index in [4.69, 9.17) is 10.2 Å². The van der Waals surface area contributed by atoms with Crippen molar-refractivity contribution >= 4 is 64.1 Å². The first-order valence-corrected chi connectivity index (χ1v) is 17.3. The van der Waals surface area contributed by atoms with Crippen molar-refractivity contribution < 1.29 is 9.90 Å². The Balaban J connectivity index is 1.19. The van der Waals surface area contributed by atoms with Crippen LogP contribution in [-0.2, 0) is 4.79 Å². The van der Waals surface area contributed by atoms with Gasteiger partial charge in [0.25, 0.3) is 0 Å². The summed E-state index contributed by atoms with van der Waals surface area (Å²) in [6.45, 7) is 0. The largest absolute Gasteiger partial charge is 0.370 e. The predicted molar refractivity (Wildman–Crippen MR) is 201 cm³/mol. The number of aromatic nitrogens is 4. The van der Waals surface area contributed by atoms with Crippen molar-refractivity contribution in [1.82, 2.24) is 19.9 Å². The molecule has 252 valence electrons. The summed E-state index contributed by atoms with van der Waals surface area (Å²) in [6, 6.07) is 39.9. The van der Waals surface area contributed by atoms with Crippen molar-refractivity contribution in [1.29, 1.82) is 5.26 Å². The van der Waals surface area contributed by atoms with Crippen molar-refractivity contribution in [2.24, 2.45) is 0 Å². The molecule has 1 amide bonds. The normalized spacial score (nSPS) is 11.4. The van der Waals surface area contributed by atoms with E-state index in [1.807, 2.05) is 109 Å². The summed E-state index contributed by atoms with van der Waals surface area (Å²) in [6.07, 6.45) is 5.22. The van der Waals surface area contributed by atoms with Crippen LogP contribution in [0.15, 0.2) is 166 Å². The molecule has 0 aliphatic rings. The minimum atomic E-state index is -1.11. The van der Waals surface area contributed by atoms with Crippen LogP contribution in [0.5, 0.6) is 0 Å². The number of rotatable bonds is 14. The lowest BCUT2D eigenvalue weighted by atomic mass is 10.2. The van der Waals surface area contributed by atoms with E-state index >= 15 is 0 Å². The number of benzene rings is 4. The molecule has 0 saturated carbocycles. The van der Waals surface area contributed by atoms with Crippen LogP contribution in [0.4, 0.5) is 34.6 Å². The van der Waals surface area contributed by atoms with E-state index in [9.17, 15) is 9.90 Å². The highest BCUT2D eigenvalue weighted by Crippen LogP contribution is 2.31. The molecule has 6 aromatic rings. The number of anilines is 6. The molecule has 0 bridgehead atoms. The van der Waals surface area contributed by atoms with Crippen molar-refractivity contribution in [3.8, 4) is 6.07 Å². The number of nitriles is 1. The summed E-state index contributed by atoms with van der Waals surface area (Å²) in [5.41, 5.74) is 2.50. The highest BCUT2D eigenvalue weighted by molar-refractivity contribution is 7.99. The quantitative estimate of drug-likeness (QED) is 0.0637. The van der Waals surface area contributed by atoms with Gasteiger partial charge in [-0.25, -0.2) is 19.9 Å². The first-order chi connectivity index (χ1) is 25.0.